The van der Waals surface area contributed by atoms with Gasteiger partial charge >= 0.3 is 0 Å². The summed E-state index contributed by atoms with van der Waals surface area (Å²) in [5, 5.41) is 2.78. The predicted molar refractivity (Wildman–Crippen MR) is 85.6 cm³/mol. The zero-order chi connectivity index (χ0) is 15.5. The number of nitrogens with one attached hydrogen (secondary N) is 1. The average molecular weight is 364 g/mol. The van der Waals surface area contributed by atoms with Crippen LogP contribution in [0.3, 0.4) is 0 Å². The van der Waals surface area contributed by atoms with E-state index in [0.29, 0.717) is 17.2 Å². The second kappa shape index (κ2) is 6.27. The molecule has 0 saturated carbocycles. The van der Waals surface area contributed by atoms with Crippen LogP contribution in [0.25, 0.3) is 0 Å². The lowest BCUT2D eigenvalue weighted by molar-refractivity contribution is -0.118. The smallest absolute Gasteiger partial charge is 0.262 e. The Bertz CT molecular complexity index is 717. The summed E-state index contributed by atoms with van der Waals surface area (Å²) >= 11 is 3.43. The summed E-state index contributed by atoms with van der Waals surface area (Å²) in [5.74, 6) is 1.64. The molecular formula is C16H14BrNO4. The lowest BCUT2D eigenvalue weighted by atomic mass is 10.2. The average Bonchev–Trinajstić information content (AvgIpc) is 2.96. The predicted octanol–water partition coefficient (Wildman–Crippen LogP) is 3.50. The van der Waals surface area contributed by atoms with Crippen LogP contribution >= 0.6 is 15.9 Å². The van der Waals surface area contributed by atoms with E-state index in [4.69, 9.17) is 14.2 Å². The van der Waals surface area contributed by atoms with Crippen LogP contribution in [0.5, 0.6) is 17.2 Å². The number of amides is 1. The van der Waals surface area contributed by atoms with Crippen molar-refractivity contribution in [3.05, 3.63) is 46.4 Å². The van der Waals surface area contributed by atoms with E-state index in [2.05, 4.69) is 21.2 Å². The highest BCUT2D eigenvalue weighted by molar-refractivity contribution is 9.10. The Morgan fingerprint density at radius 3 is 2.86 bits per heavy atom. The van der Waals surface area contributed by atoms with Gasteiger partial charge in [-0.25, -0.2) is 0 Å². The van der Waals surface area contributed by atoms with Crippen LogP contribution in [-0.4, -0.2) is 19.3 Å². The summed E-state index contributed by atoms with van der Waals surface area (Å²) in [6, 6.07) is 10.8. The van der Waals surface area contributed by atoms with Crippen LogP contribution in [0.2, 0.25) is 0 Å². The van der Waals surface area contributed by atoms with Gasteiger partial charge in [0.15, 0.2) is 18.1 Å². The zero-order valence-corrected chi connectivity index (χ0v) is 13.5. The molecule has 0 bridgehead atoms. The fourth-order valence-corrected chi connectivity index (χ4v) is 2.36. The van der Waals surface area contributed by atoms with Crippen LogP contribution < -0.4 is 19.5 Å². The van der Waals surface area contributed by atoms with Gasteiger partial charge in [-0.15, -0.1) is 0 Å². The SMILES string of the molecule is Cc1ccc(NC(=O)COc2ccc3c(c2)OCO3)cc1Br. The Balaban J connectivity index is 1.57. The van der Waals surface area contributed by atoms with Gasteiger partial charge in [-0.05, 0) is 36.8 Å². The van der Waals surface area contributed by atoms with Crippen LogP contribution in [0.4, 0.5) is 5.69 Å². The van der Waals surface area contributed by atoms with E-state index in [1.165, 1.54) is 0 Å². The van der Waals surface area contributed by atoms with Crippen LogP contribution in [-0.2, 0) is 4.79 Å². The van der Waals surface area contributed by atoms with Gasteiger partial charge in [-0.1, -0.05) is 22.0 Å². The number of anilines is 1. The minimum Gasteiger partial charge on any atom is -0.484 e. The number of ether oxygens (including phenoxy) is 3. The van der Waals surface area contributed by atoms with Crippen LogP contribution in [0, 0.1) is 6.92 Å². The maximum Gasteiger partial charge on any atom is 0.262 e. The highest BCUT2D eigenvalue weighted by Gasteiger charge is 2.14. The molecule has 1 N–H and O–H groups in total. The standard InChI is InChI=1S/C16H14BrNO4/c1-10-2-3-11(6-13(10)17)18-16(19)8-20-12-4-5-14-15(7-12)22-9-21-14/h2-7H,8-9H2,1H3,(H,18,19). The maximum atomic E-state index is 11.9. The van der Waals surface area contributed by atoms with Gasteiger partial charge in [0.05, 0.1) is 0 Å². The Hall–Kier alpha value is -2.21. The molecule has 0 aromatic heterocycles. The first-order valence-electron chi connectivity index (χ1n) is 6.70. The minimum absolute atomic E-state index is 0.0782. The second-order valence-electron chi connectivity index (χ2n) is 4.82. The van der Waals surface area contributed by atoms with Crippen molar-refractivity contribution in [3.8, 4) is 17.2 Å². The zero-order valence-electron chi connectivity index (χ0n) is 11.9. The number of hydrogen-bond donors (Lipinski definition) is 1. The molecule has 0 radical (unpaired) electrons. The van der Waals surface area contributed by atoms with E-state index in [-0.39, 0.29) is 19.3 Å². The van der Waals surface area contributed by atoms with Crippen molar-refractivity contribution in [1.29, 1.82) is 0 Å². The summed E-state index contributed by atoms with van der Waals surface area (Å²) in [6.07, 6.45) is 0. The first-order valence-corrected chi connectivity index (χ1v) is 7.49. The normalized spacial score (nSPS) is 12.1. The minimum atomic E-state index is -0.228. The molecule has 1 aliphatic heterocycles. The maximum absolute atomic E-state index is 11.9. The van der Waals surface area contributed by atoms with Crippen LogP contribution in [0.1, 0.15) is 5.56 Å². The van der Waals surface area contributed by atoms with E-state index in [0.717, 1.165) is 15.7 Å². The van der Waals surface area contributed by atoms with Gasteiger partial charge in [0.1, 0.15) is 5.75 Å². The monoisotopic (exact) mass is 363 g/mol. The molecule has 2 aromatic carbocycles. The third-order valence-electron chi connectivity index (χ3n) is 3.17. The number of carbonyl (C=O) groups is 1. The highest BCUT2D eigenvalue weighted by Crippen LogP contribution is 2.35. The molecule has 0 saturated heterocycles. The van der Waals surface area contributed by atoms with Crippen molar-refractivity contribution >= 4 is 27.5 Å². The molecular weight excluding hydrogens is 350 g/mol. The number of aryl methyl sites for hydroxylation is 1. The van der Waals surface area contributed by atoms with E-state index in [9.17, 15) is 4.79 Å². The van der Waals surface area contributed by atoms with Gasteiger partial charge in [0, 0.05) is 16.2 Å². The molecule has 114 valence electrons. The quantitative estimate of drug-likeness (QED) is 0.902. The molecule has 22 heavy (non-hydrogen) atoms. The Kier molecular flexibility index (Phi) is 4.20. The molecule has 2 aromatic rings. The fourth-order valence-electron chi connectivity index (χ4n) is 1.98. The Morgan fingerprint density at radius 2 is 2.05 bits per heavy atom. The van der Waals surface area contributed by atoms with E-state index in [1.807, 2.05) is 25.1 Å². The van der Waals surface area contributed by atoms with Crippen molar-refractivity contribution in [3.63, 3.8) is 0 Å². The molecule has 3 rings (SSSR count). The molecule has 5 nitrogen and oxygen atoms in total. The summed E-state index contributed by atoms with van der Waals surface area (Å²) in [6.45, 7) is 2.12. The van der Waals surface area contributed by atoms with E-state index < -0.39 is 0 Å². The fraction of sp³-hybridized carbons (Fsp3) is 0.188. The molecule has 1 aliphatic rings. The molecule has 0 spiro atoms. The number of hydrogen-bond acceptors (Lipinski definition) is 4. The summed E-state index contributed by atoms with van der Waals surface area (Å²) in [7, 11) is 0. The third-order valence-corrected chi connectivity index (χ3v) is 4.02. The molecule has 0 atom stereocenters. The number of benzene rings is 2. The van der Waals surface area contributed by atoms with Gasteiger partial charge in [-0.2, -0.15) is 0 Å². The highest BCUT2D eigenvalue weighted by atomic mass is 79.9. The number of halogens is 1. The topological polar surface area (TPSA) is 56.8 Å². The molecule has 0 fully saturated rings. The molecule has 0 unspecified atom stereocenters. The van der Waals surface area contributed by atoms with Crippen molar-refractivity contribution in [2.24, 2.45) is 0 Å². The van der Waals surface area contributed by atoms with E-state index >= 15 is 0 Å². The van der Waals surface area contributed by atoms with Gasteiger partial charge in [-0.3, -0.25) is 4.79 Å². The number of fused-ring (bicyclic) bond motifs is 1. The number of carbonyl (C=O) groups excluding carboxylic acids is 1. The van der Waals surface area contributed by atoms with Crippen molar-refractivity contribution in [2.75, 3.05) is 18.7 Å². The second-order valence-corrected chi connectivity index (χ2v) is 5.67. The van der Waals surface area contributed by atoms with Gasteiger partial charge in [0.25, 0.3) is 5.91 Å². The molecule has 0 aliphatic carbocycles. The van der Waals surface area contributed by atoms with E-state index in [1.54, 1.807) is 18.2 Å². The summed E-state index contributed by atoms with van der Waals surface area (Å²) in [5.41, 5.74) is 1.83. The first kappa shape index (κ1) is 14.7. The first-order chi connectivity index (χ1) is 10.6. The Labute approximate surface area is 136 Å². The summed E-state index contributed by atoms with van der Waals surface area (Å²) < 4.78 is 16.9. The largest absolute Gasteiger partial charge is 0.484 e. The summed E-state index contributed by atoms with van der Waals surface area (Å²) in [4.78, 5) is 11.9. The Morgan fingerprint density at radius 1 is 1.23 bits per heavy atom. The number of rotatable bonds is 4. The third kappa shape index (κ3) is 3.33. The molecule has 6 heteroatoms. The molecule has 1 heterocycles. The van der Waals surface area contributed by atoms with Crippen molar-refractivity contribution in [1.82, 2.24) is 0 Å². The van der Waals surface area contributed by atoms with Crippen molar-refractivity contribution < 1.29 is 19.0 Å². The lowest BCUT2D eigenvalue weighted by Gasteiger charge is -2.09. The van der Waals surface area contributed by atoms with Crippen LogP contribution in [0.15, 0.2) is 40.9 Å². The van der Waals surface area contributed by atoms with Gasteiger partial charge in [0.2, 0.25) is 6.79 Å². The van der Waals surface area contributed by atoms with Gasteiger partial charge < -0.3 is 19.5 Å². The van der Waals surface area contributed by atoms with Crippen molar-refractivity contribution in [2.45, 2.75) is 6.92 Å². The molecule has 1 amide bonds. The lowest BCUT2D eigenvalue weighted by Crippen LogP contribution is -2.20.